The number of aryl methyl sites for hydroxylation is 1. The van der Waals surface area contributed by atoms with Gasteiger partial charge in [-0.25, -0.2) is 9.69 Å². The molecule has 29 heavy (non-hydrogen) atoms. The van der Waals surface area contributed by atoms with E-state index in [1.54, 1.807) is 6.07 Å². The van der Waals surface area contributed by atoms with Crippen LogP contribution in [0, 0.1) is 6.92 Å². The van der Waals surface area contributed by atoms with E-state index in [-0.39, 0.29) is 5.91 Å². The molecule has 1 fully saturated rings. The monoisotopic (exact) mass is 433 g/mol. The summed E-state index contributed by atoms with van der Waals surface area (Å²) in [5.41, 5.74) is 6.31. The number of carbonyl (C=O) groups is 1. The predicted molar refractivity (Wildman–Crippen MR) is 116 cm³/mol. The summed E-state index contributed by atoms with van der Waals surface area (Å²) in [4.78, 5) is 13.4. The maximum Gasteiger partial charge on any atom is 0.265 e. The Morgan fingerprint density at radius 1 is 1.28 bits per heavy atom. The second-order valence-corrected chi connectivity index (χ2v) is 8.51. The van der Waals surface area contributed by atoms with Crippen LogP contribution in [0.25, 0.3) is 0 Å². The van der Waals surface area contributed by atoms with Gasteiger partial charge in [0.15, 0.2) is 0 Å². The normalized spacial score (nSPS) is 21.8. The molecule has 0 bridgehead atoms. The molecule has 3 heterocycles. The number of benzene rings is 1. The summed E-state index contributed by atoms with van der Waals surface area (Å²) in [6.07, 6.45) is 3.20. The maximum absolute atomic E-state index is 13.4. The highest BCUT2D eigenvalue weighted by atomic mass is 35.5. The van der Waals surface area contributed by atoms with E-state index in [0.717, 1.165) is 48.6 Å². The third-order valence-corrected chi connectivity index (χ3v) is 6.43. The molecule has 1 aromatic heterocycles. The summed E-state index contributed by atoms with van der Waals surface area (Å²) in [6, 6.07) is 7.42. The number of nitrogens with zero attached hydrogens (tertiary/aromatic N) is 3. The summed E-state index contributed by atoms with van der Waals surface area (Å²) in [5, 5.41) is 11.0. The number of hydrogen-bond acceptors (Lipinski definition) is 4. The Morgan fingerprint density at radius 2 is 2.07 bits per heavy atom. The molecular weight excluding hydrogens is 409 g/mol. The molecule has 2 N–H and O–H groups in total. The molecule has 2 aliphatic heterocycles. The Labute approximate surface area is 180 Å². The standard InChI is InChI=1S/C21H25Cl2N5O/c1-4-15-6-5-9-27(15)26-21(29)19-13(3)24-18-10-12(2)25-28(18)20(19)14-7-8-16(22)17(23)11-14/h7-8,10-11,15,20,24H,4-6,9H2,1-3H3,(H,26,29). The molecule has 1 amide bonds. The van der Waals surface area contributed by atoms with E-state index in [9.17, 15) is 4.79 Å². The predicted octanol–water partition coefficient (Wildman–Crippen LogP) is 4.69. The van der Waals surface area contributed by atoms with Gasteiger partial charge in [-0.3, -0.25) is 10.2 Å². The van der Waals surface area contributed by atoms with E-state index in [1.807, 2.05) is 36.7 Å². The molecular formula is C21H25Cl2N5O. The van der Waals surface area contributed by atoms with E-state index >= 15 is 0 Å². The van der Waals surface area contributed by atoms with Crippen molar-refractivity contribution in [2.75, 3.05) is 11.9 Å². The van der Waals surface area contributed by atoms with E-state index < -0.39 is 6.04 Å². The van der Waals surface area contributed by atoms with Gasteiger partial charge in [-0.1, -0.05) is 36.2 Å². The highest BCUT2D eigenvalue weighted by Gasteiger charge is 2.35. The Morgan fingerprint density at radius 3 is 2.79 bits per heavy atom. The van der Waals surface area contributed by atoms with Crippen LogP contribution in [0.15, 0.2) is 35.5 Å². The molecule has 6 nitrogen and oxygen atoms in total. The van der Waals surface area contributed by atoms with Crippen LogP contribution in [-0.2, 0) is 4.79 Å². The molecule has 0 radical (unpaired) electrons. The number of rotatable bonds is 4. The number of halogens is 2. The number of hydrazine groups is 1. The first-order valence-electron chi connectivity index (χ1n) is 9.95. The molecule has 0 spiro atoms. The highest BCUT2D eigenvalue weighted by Crippen LogP contribution is 2.38. The second-order valence-electron chi connectivity index (χ2n) is 7.69. The molecule has 4 rings (SSSR count). The lowest BCUT2D eigenvalue weighted by Crippen LogP contribution is -2.47. The third-order valence-electron chi connectivity index (χ3n) is 5.69. The minimum atomic E-state index is -0.391. The SMILES string of the molecule is CCC1CCCN1NC(=O)C1=C(C)Nc2cc(C)nn2C1c1ccc(Cl)c(Cl)c1. The van der Waals surface area contributed by atoms with Gasteiger partial charge in [0.05, 0.1) is 21.3 Å². The zero-order chi connectivity index (χ0) is 20.7. The molecule has 2 unspecified atom stereocenters. The van der Waals surface area contributed by atoms with Crippen molar-refractivity contribution in [3.05, 3.63) is 56.8 Å². The maximum atomic E-state index is 13.4. The number of allylic oxidation sites excluding steroid dienone is 1. The largest absolute Gasteiger partial charge is 0.344 e. The molecule has 2 atom stereocenters. The minimum Gasteiger partial charge on any atom is -0.344 e. The molecule has 0 saturated carbocycles. The van der Waals surface area contributed by atoms with Gasteiger partial charge in [0.2, 0.25) is 0 Å². The van der Waals surface area contributed by atoms with Crippen molar-refractivity contribution >= 4 is 34.9 Å². The fraction of sp³-hybridized carbons (Fsp3) is 0.429. The van der Waals surface area contributed by atoms with Crippen LogP contribution >= 0.6 is 23.2 Å². The van der Waals surface area contributed by atoms with Crippen molar-refractivity contribution in [2.24, 2.45) is 0 Å². The molecule has 2 aromatic rings. The van der Waals surface area contributed by atoms with Gasteiger partial charge in [0, 0.05) is 24.4 Å². The van der Waals surface area contributed by atoms with Crippen molar-refractivity contribution in [3.8, 4) is 0 Å². The number of amides is 1. The molecule has 1 aromatic carbocycles. The lowest BCUT2D eigenvalue weighted by atomic mass is 9.95. The van der Waals surface area contributed by atoms with Crippen LogP contribution in [-0.4, -0.2) is 33.3 Å². The minimum absolute atomic E-state index is 0.120. The van der Waals surface area contributed by atoms with Gasteiger partial charge in [0.25, 0.3) is 5.91 Å². The van der Waals surface area contributed by atoms with Crippen molar-refractivity contribution < 1.29 is 4.79 Å². The summed E-state index contributed by atoms with van der Waals surface area (Å²) < 4.78 is 1.85. The number of fused-ring (bicyclic) bond motifs is 1. The number of hydrogen-bond donors (Lipinski definition) is 2. The first-order chi connectivity index (χ1) is 13.9. The quantitative estimate of drug-likeness (QED) is 0.733. The zero-order valence-corrected chi connectivity index (χ0v) is 18.3. The van der Waals surface area contributed by atoms with Gasteiger partial charge < -0.3 is 5.32 Å². The fourth-order valence-corrected chi connectivity index (χ4v) is 4.58. The second kappa shape index (κ2) is 8.01. The van der Waals surface area contributed by atoms with E-state index in [1.165, 1.54) is 0 Å². The topological polar surface area (TPSA) is 62.2 Å². The van der Waals surface area contributed by atoms with Crippen molar-refractivity contribution in [1.82, 2.24) is 20.2 Å². The van der Waals surface area contributed by atoms with Gasteiger partial charge in [0.1, 0.15) is 11.9 Å². The third kappa shape index (κ3) is 3.77. The molecule has 8 heteroatoms. The van der Waals surface area contributed by atoms with Gasteiger partial charge >= 0.3 is 0 Å². The Balaban J connectivity index is 1.75. The van der Waals surface area contributed by atoms with Crippen LogP contribution in [0.1, 0.15) is 50.4 Å². The van der Waals surface area contributed by atoms with Crippen LogP contribution in [0.4, 0.5) is 5.82 Å². The summed E-state index contributed by atoms with van der Waals surface area (Å²) in [6.45, 7) is 6.88. The molecule has 2 aliphatic rings. The van der Waals surface area contributed by atoms with Crippen LogP contribution in [0.3, 0.4) is 0 Å². The molecule has 1 saturated heterocycles. The average Bonchev–Trinajstić information content (AvgIpc) is 3.27. The van der Waals surface area contributed by atoms with E-state index in [2.05, 4.69) is 27.8 Å². The number of aromatic nitrogens is 2. The summed E-state index contributed by atoms with van der Waals surface area (Å²) in [5.74, 6) is 0.727. The Hall–Kier alpha value is -2.02. The van der Waals surface area contributed by atoms with Crippen molar-refractivity contribution in [3.63, 3.8) is 0 Å². The number of carbonyl (C=O) groups excluding carboxylic acids is 1. The van der Waals surface area contributed by atoms with Crippen molar-refractivity contribution in [1.29, 1.82) is 0 Å². The van der Waals surface area contributed by atoms with Gasteiger partial charge in [-0.2, -0.15) is 5.10 Å². The zero-order valence-electron chi connectivity index (χ0n) is 16.8. The fourth-order valence-electron chi connectivity index (χ4n) is 4.28. The highest BCUT2D eigenvalue weighted by molar-refractivity contribution is 6.42. The molecule has 154 valence electrons. The van der Waals surface area contributed by atoms with E-state index in [0.29, 0.717) is 21.7 Å². The number of nitrogens with one attached hydrogen (secondary N) is 2. The smallest absolute Gasteiger partial charge is 0.265 e. The first kappa shape index (κ1) is 20.3. The van der Waals surface area contributed by atoms with Crippen LogP contribution < -0.4 is 10.7 Å². The lowest BCUT2D eigenvalue weighted by Gasteiger charge is -2.32. The van der Waals surface area contributed by atoms with Crippen LogP contribution in [0.2, 0.25) is 10.0 Å². The van der Waals surface area contributed by atoms with Crippen LogP contribution in [0.5, 0.6) is 0 Å². The Bertz CT molecular complexity index is 983. The summed E-state index contributed by atoms with van der Waals surface area (Å²) in [7, 11) is 0. The lowest BCUT2D eigenvalue weighted by molar-refractivity contribution is -0.123. The summed E-state index contributed by atoms with van der Waals surface area (Å²) >= 11 is 12.4. The van der Waals surface area contributed by atoms with Gasteiger partial charge in [-0.15, -0.1) is 0 Å². The first-order valence-corrected chi connectivity index (χ1v) is 10.7. The Kier molecular flexibility index (Phi) is 5.60. The average molecular weight is 434 g/mol. The molecule has 0 aliphatic carbocycles. The van der Waals surface area contributed by atoms with Crippen molar-refractivity contribution in [2.45, 2.75) is 52.1 Å². The van der Waals surface area contributed by atoms with Gasteiger partial charge in [-0.05, 0) is 50.8 Å². The van der Waals surface area contributed by atoms with E-state index in [4.69, 9.17) is 23.2 Å². The number of anilines is 1.